The Morgan fingerprint density at radius 1 is 0.762 bits per heavy atom. The predicted molar refractivity (Wildman–Crippen MR) is 182 cm³/mol. The molecule has 8 rings (SSSR count). The Kier molecular flexibility index (Phi) is 6.12. The molecule has 0 saturated heterocycles. The maximum atomic E-state index is 4.75. The average Bonchev–Trinajstić information content (AvgIpc) is 3.55. The van der Waals surface area contributed by atoms with E-state index in [0.29, 0.717) is 12.5 Å². The van der Waals surface area contributed by atoms with Crippen molar-refractivity contribution in [2.45, 2.75) is 19.9 Å². The molecule has 2 aromatic heterocycles. The number of aliphatic imine (C=N–C) groups is 1. The molecule has 0 N–H and O–H groups in total. The Morgan fingerprint density at radius 2 is 1.62 bits per heavy atom. The molecule has 42 heavy (non-hydrogen) atoms. The molecule has 2 nitrogen and oxygen atoms in total. The highest BCUT2D eigenvalue weighted by molar-refractivity contribution is 7.25. The zero-order valence-corrected chi connectivity index (χ0v) is 24.3. The minimum atomic E-state index is 0.563. The number of nitrogens with zero attached hydrogens (tertiary/aromatic N) is 2. The second-order valence-electron chi connectivity index (χ2n) is 11.3. The molecular weight excluding hydrogens is 529 g/mol. The van der Waals surface area contributed by atoms with Crippen LogP contribution in [-0.2, 0) is 6.54 Å². The first-order chi connectivity index (χ1) is 20.7. The van der Waals surface area contributed by atoms with Crippen molar-refractivity contribution in [1.29, 1.82) is 0 Å². The number of rotatable bonds is 5. The monoisotopic (exact) mass is 558 g/mol. The van der Waals surface area contributed by atoms with Crippen LogP contribution in [0.4, 0.5) is 0 Å². The molecule has 0 spiro atoms. The molecule has 1 unspecified atom stereocenters. The molecule has 0 aliphatic heterocycles. The molecule has 0 saturated carbocycles. The zero-order valence-electron chi connectivity index (χ0n) is 23.5. The molecular formula is C39H30N2S. The summed E-state index contributed by atoms with van der Waals surface area (Å²) in [5, 5.41) is 5.26. The van der Waals surface area contributed by atoms with E-state index in [1.807, 2.05) is 35.8 Å². The molecule has 1 aliphatic carbocycles. The molecule has 0 bridgehead atoms. The lowest BCUT2D eigenvalue weighted by atomic mass is 9.90. The molecule has 0 fully saturated rings. The van der Waals surface area contributed by atoms with Crippen LogP contribution in [0, 0.1) is 5.92 Å². The summed E-state index contributed by atoms with van der Waals surface area (Å²) in [6.07, 6.45) is 9.83. The highest BCUT2D eigenvalue weighted by Gasteiger charge is 2.18. The van der Waals surface area contributed by atoms with E-state index in [0.717, 1.165) is 12.0 Å². The molecule has 202 valence electrons. The van der Waals surface area contributed by atoms with E-state index < -0.39 is 0 Å². The van der Waals surface area contributed by atoms with Crippen molar-refractivity contribution in [2.75, 3.05) is 0 Å². The van der Waals surface area contributed by atoms with Crippen LogP contribution >= 0.6 is 11.3 Å². The van der Waals surface area contributed by atoms with E-state index >= 15 is 0 Å². The lowest BCUT2D eigenvalue weighted by Gasteiger charge is -2.15. The van der Waals surface area contributed by atoms with Crippen LogP contribution in [0.15, 0.2) is 132 Å². The van der Waals surface area contributed by atoms with Crippen LogP contribution in [-0.4, -0.2) is 10.8 Å². The van der Waals surface area contributed by atoms with E-state index in [9.17, 15) is 0 Å². The van der Waals surface area contributed by atoms with Crippen LogP contribution in [0.5, 0.6) is 0 Å². The number of benzene rings is 5. The zero-order chi connectivity index (χ0) is 28.0. The number of fused-ring (bicyclic) bond motifs is 6. The molecule has 0 amide bonds. The normalized spacial score (nSPS) is 15.5. The first kappa shape index (κ1) is 25.0. The molecule has 0 radical (unpaired) electrons. The maximum absolute atomic E-state index is 4.75. The van der Waals surface area contributed by atoms with Gasteiger partial charge in [-0.15, -0.1) is 11.3 Å². The predicted octanol–water partition coefficient (Wildman–Crippen LogP) is 10.8. The van der Waals surface area contributed by atoms with Gasteiger partial charge in [-0.2, -0.15) is 0 Å². The van der Waals surface area contributed by atoms with E-state index in [2.05, 4.69) is 121 Å². The third-order valence-corrected chi connectivity index (χ3v) is 9.53. The van der Waals surface area contributed by atoms with Crippen LogP contribution < -0.4 is 0 Å². The largest absolute Gasteiger partial charge is 0.309 e. The first-order valence-electron chi connectivity index (χ1n) is 14.6. The summed E-state index contributed by atoms with van der Waals surface area (Å²) in [5.74, 6) is 0.563. The summed E-state index contributed by atoms with van der Waals surface area (Å²) < 4.78 is 5.12. The van der Waals surface area contributed by atoms with Gasteiger partial charge in [0.15, 0.2) is 0 Å². The van der Waals surface area contributed by atoms with Crippen LogP contribution in [0.1, 0.15) is 30.0 Å². The standard InChI is InChI=1S/C39H30N2S/c1-26-9-7-13-29(19-26)30-17-18-36-33(21-30)34-23-39-35(32-15-5-6-16-38(32)42-39)22-37(34)41(36)31-14-8-12-28(20-31)25-40-24-27-10-3-2-4-11-27/h2-18,20-24,26H,19,25H2,1H3/b40-24+. The van der Waals surface area contributed by atoms with Crippen LogP contribution in [0.2, 0.25) is 0 Å². The summed E-state index contributed by atoms with van der Waals surface area (Å²) in [6, 6.07) is 39.8. The average molecular weight is 559 g/mol. The Labute approximate surface area is 249 Å². The van der Waals surface area contributed by atoms with Gasteiger partial charge in [-0.3, -0.25) is 4.99 Å². The Bertz CT molecular complexity index is 2210. The quantitative estimate of drug-likeness (QED) is 0.187. The van der Waals surface area contributed by atoms with Crippen LogP contribution in [0.25, 0.3) is 53.2 Å². The number of thiophene rings is 1. The number of allylic oxidation sites excluding steroid dienone is 4. The molecule has 3 heteroatoms. The van der Waals surface area contributed by atoms with Gasteiger partial charge in [-0.1, -0.05) is 91.9 Å². The second-order valence-corrected chi connectivity index (χ2v) is 12.4. The van der Waals surface area contributed by atoms with Gasteiger partial charge in [0.05, 0.1) is 17.6 Å². The van der Waals surface area contributed by atoms with Gasteiger partial charge in [0.25, 0.3) is 0 Å². The van der Waals surface area contributed by atoms with Crippen molar-refractivity contribution >= 4 is 65.1 Å². The fourth-order valence-corrected chi connectivity index (χ4v) is 7.49. The Hall–Kier alpha value is -4.73. The number of hydrogen-bond donors (Lipinski definition) is 0. The Morgan fingerprint density at radius 3 is 2.52 bits per heavy atom. The lowest BCUT2D eigenvalue weighted by Crippen LogP contribution is -1.98. The third kappa shape index (κ3) is 4.38. The lowest BCUT2D eigenvalue weighted by molar-refractivity contribution is 0.749. The van der Waals surface area contributed by atoms with E-state index in [4.69, 9.17) is 4.99 Å². The van der Waals surface area contributed by atoms with Gasteiger partial charge in [0.1, 0.15) is 0 Å². The van der Waals surface area contributed by atoms with Crippen molar-refractivity contribution in [1.82, 2.24) is 4.57 Å². The molecule has 7 aromatic rings. The summed E-state index contributed by atoms with van der Waals surface area (Å²) >= 11 is 1.89. The first-order valence-corrected chi connectivity index (χ1v) is 15.4. The van der Waals surface area contributed by atoms with Gasteiger partial charge in [0, 0.05) is 42.8 Å². The smallest absolute Gasteiger partial charge is 0.0640 e. The maximum Gasteiger partial charge on any atom is 0.0640 e. The van der Waals surface area contributed by atoms with E-state index in [-0.39, 0.29) is 0 Å². The highest BCUT2D eigenvalue weighted by Crippen LogP contribution is 2.41. The molecule has 2 heterocycles. The molecule has 1 atom stereocenters. The highest BCUT2D eigenvalue weighted by atomic mass is 32.1. The minimum Gasteiger partial charge on any atom is -0.309 e. The van der Waals surface area contributed by atoms with Crippen LogP contribution in [0.3, 0.4) is 0 Å². The SMILES string of the molecule is CC1C=CC=C(c2ccc3c(c2)c2cc4sc5ccccc5c4cc2n3-c2cccc(C/N=C/c3ccccc3)c2)C1. The fraction of sp³-hybridized carbons (Fsp3) is 0.103. The van der Waals surface area contributed by atoms with Gasteiger partial charge in [0.2, 0.25) is 0 Å². The van der Waals surface area contributed by atoms with E-state index in [1.54, 1.807) is 0 Å². The van der Waals surface area contributed by atoms with Crippen molar-refractivity contribution in [3.05, 3.63) is 144 Å². The van der Waals surface area contributed by atoms with Gasteiger partial charge >= 0.3 is 0 Å². The van der Waals surface area contributed by atoms with Gasteiger partial charge in [-0.05, 0) is 77.1 Å². The van der Waals surface area contributed by atoms with Crippen molar-refractivity contribution in [3.63, 3.8) is 0 Å². The Balaban J connectivity index is 1.31. The summed E-state index contributed by atoms with van der Waals surface area (Å²) in [4.78, 5) is 4.75. The van der Waals surface area contributed by atoms with Gasteiger partial charge < -0.3 is 4.57 Å². The van der Waals surface area contributed by atoms with Gasteiger partial charge in [-0.25, -0.2) is 0 Å². The molecule has 5 aromatic carbocycles. The van der Waals surface area contributed by atoms with Crippen molar-refractivity contribution in [2.24, 2.45) is 10.9 Å². The number of aromatic nitrogens is 1. The third-order valence-electron chi connectivity index (χ3n) is 8.40. The fourth-order valence-electron chi connectivity index (χ4n) is 6.36. The summed E-state index contributed by atoms with van der Waals surface area (Å²) in [7, 11) is 0. The summed E-state index contributed by atoms with van der Waals surface area (Å²) in [5.41, 5.74) is 8.70. The topological polar surface area (TPSA) is 17.3 Å². The summed E-state index contributed by atoms with van der Waals surface area (Å²) in [6.45, 7) is 2.94. The number of hydrogen-bond acceptors (Lipinski definition) is 2. The molecule has 1 aliphatic rings. The van der Waals surface area contributed by atoms with E-state index in [1.165, 1.54) is 64.4 Å². The second kappa shape index (κ2) is 10.3. The van der Waals surface area contributed by atoms with Crippen molar-refractivity contribution < 1.29 is 0 Å². The van der Waals surface area contributed by atoms with Crippen molar-refractivity contribution in [3.8, 4) is 5.69 Å². The minimum absolute atomic E-state index is 0.563.